The maximum absolute atomic E-state index is 11.6. The molecule has 0 spiro atoms. The summed E-state index contributed by atoms with van der Waals surface area (Å²) in [5.74, 6) is 2.98. The molecule has 0 aliphatic rings. The van der Waals surface area contributed by atoms with Gasteiger partial charge in [-0.05, 0) is 18.1 Å². The molecule has 2 aromatic carbocycles. The maximum atomic E-state index is 11.6. The van der Waals surface area contributed by atoms with Gasteiger partial charge < -0.3 is 4.79 Å². The largest absolute Gasteiger partial charge is 0.300 e. The Balaban J connectivity index is 0.00000123. The van der Waals surface area contributed by atoms with Gasteiger partial charge in [0.25, 0.3) is 0 Å². The van der Waals surface area contributed by atoms with Crippen LogP contribution in [0.15, 0.2) is 60.7 Å². The van der Waals surface area contributed by atoms with Gasteiger partial charge in [0.2, 0.25) is 0 Å². The standard InChI is InChI=1S/C19H18O.2C2H6/c1-3-18(16-10-6-4-7-11-16)19(14-15(2)20)17-12-8-5-9-13-17;2*1-2/h1,4-13,18-19H,14H2,2H3;2*1-2H3. The Morgan fingerprint density at radius 2 is 1.29 bits per heavy atom. The highest BCUT2D eigenvalue weighted by molar-refractivity contribution is 5.76. The van der Waals surface area contributed by atoms with E-state index in [2.05, 4.69) is 5.92 Å². The zero-order valence-electron chi connectivity index (χ0n) is 15.6. The van der Waals surface area contributed by atoms with Crippen LogP contribution in [0.1, 0.15) is 64.0 Å². The first-order valence-electron chi connectivity index (χ1n) is 8.78. The van der Waals surface area contributed by atoms with E-state index in [1.165, 1.54) is 0 Å². The van der Waals surface area contributed by atoms with Gasteiger partial charge in [0.15, 0.2) is 0 Å². The third kappa shape index (κ3) is 6.84. The van der Waals surface area contributed by atoms with Gasteiger partial charge in [-0.25, -0.2) is 0 Å². The Hall–Kier alpha value is -2.33. The van der Waals surface area contributed by atoms with Gasteiger partial charge in [0.05, 0.1) is 5.92 Å². The molecule has 0 saturated heterocycles. The molecule has 1 heteroatoms. The average Bonchev–Trinajstić information content (AvgIpc) is 2.66. The van der Waals surface area contributed by atoms with Gasteiger partial charge >= 0.3 is 0 Å². The topological polar surface area (TPSA) is 17.1 Å². The quantitative estimate of drug-likeness (QED) is 0.597. The SMILES string of the molecule is C#CC(c1ccccc1)C(CC(C)=O)c1ccccc1.CC.CC. The first-order valence-corrected chi connectivity index (χ1v) is 8.78. The second kappa shape index (κ2) is 13.1. The molecule has 1 nitrogen and oxygen atoms in total. The molecule has 0 aromatic heterocycles. The minimum Gasteiger partial charge on any atom is -0.300 e. The molecule has 0 N–H and O–H groups in total. The summed E-state index contributed by atoms with van der Waals surface area (Å²) in [6.07, 6.45) is 6.22. The molecule has 0 amide bonds. The summed E-state index contributed by atoms with van der Waals surface area (Å²) >= 11 is 0. The molecule has 128 valence electrons. The van der Waals surface area contributed by atoms with E-state index in [4.69, 9.17) is 6.42 Å². The number of carbonyl (C=O) groups is 1. The summed E-state index contributed by atoms with van der Waals surface area (Å²) < 4.78 is 0. The first-order chi connectivity index (χ1) is 11.7. The molecule has 2 atom stereocenters. The molecule has 0 heterocycles. The second-order valence-electron chi connectivity index (χ2n) is 4.98. The highest BCUT2D eigenvalue weighted by atomic mass is 16.1. The summed E-state index contributed by atoms with van der Waals surface area (Å²) in [7, 11) is 0. The van der Waals surface area contributed by atoms with Crippen molar-refractivity contribution >= 4 is 5.78 Å². The number of benzene rings is 2. The van der Waals surface area contributed by atoms with E-state index in [9.17, 15) is 4.79 Å². The molecule has 0 aliphatic carbocycles. The lowest BCUT2D eigenvalue weighted by molar-refractivity contribution is -0.117. The van der Waals surface area contributed by atoms with Crippen molar-refractivity contribution in [1.82, 2.24) is 0 Å². The van der Waals surface area contributed by atoms with Crippen molar-refractivity contribution in [3.63, 3.8) is 0 Å². The molecule has 2 unspecified atom stereocenters. The third-order valence-corrected chi connectivity index (χ3v) is 3.48. The molecular formula is C23H30O. The zero-order valence-corrected chi connectivity index (χ0v) is 15.6. The lowest BCUT2D eigenvalue weighted by atomic mass is 9.79. The van der Waals surface area contributed by atoms with Crippen LogP contribution in [-0.4, -0.2) is 5.78 Å². The van der Waals surface area contributed by atoms with Crippen LogP contribution >= 0.6 is 0 Å². The van der Waals surface area contributed by atoms with Crippen LogP contribution in [0.25, 0.3) is 0 Å². The summed E-state index contributed by atoms with van der Waals surface area (Å²) in [5, 5.41) is 0. The highest BCUT2D eigenvalue weighted by Crippen LogP contribution is 2.35. The summed E-state index contributed by atoms with van der Waals surface area (Å²) in [5.41, 5.74) is 2.21. The minimum atomic E-state index is -0.0810. The number of rotatable bonds is 5. The predicted molar refractivity (Wildman–Crippen MR) is 105 cm³/mol. The fourth-order valence-electron chi connectivity index (χ4n) is 2.54. The van der Waals surface area contributed by atoms with Crippen LogP contribution in [0.4, 0.5) is 0 Å². The van der Waals surface area contributed by atoms with Gasteiger partial charge in [0.1, 0.15) is 5.78 Å². The first kappa shape index (κ1) is 21.7. The molecule has 0 radical (unpaired) electrons. The van der Waals surface area contributed by atoms with Crippen molar-refractivity contribution in [3.05, 3.63) is 71.8 Å². The van der Waals surface area contributed by atoms with E-state index in [0.717, 1.165) is 11.1 Å². The van der Waals surface area contributed by atoms with Crippen molar-refractivity contribution in [2.45, 2.75) is 52.9 Å². The Kier molecular flexibility index (Phi) is 11.9. The Morgan fingerprint density at radius 1 is 0.875 bits per heavy atom. The molecule has 24 heavy (non-hydrogen) atoms. The summed E-state index contributed by atoms with van der Waals surface area (Å²) in [6.45, 7) is 9.62. The second-order valence-corrected chi connectivity index (χ2v) is 4.98. The van der Waals surface area contributed by atoms with Gasteiger partial charge in [-0.2, -0.15) is 0 Å². The lowest BCUT2D eigenvalue weighted by Gasteiger charge is -2.23. The lowest BCUT2D eigenvalue weighted by Crippen LogP contribution is -2.13. The number of hydrogen-bond donors (Lipinski definition) is 0. The molecular weight excluding hydrogens is 292 g/mol. The van der Waals surface area contributed by atoms with Crippen LogP contribution in [0.2, 0.25) is 0 Å². The number of hydrogen-bond acceptors (Lipinski definition) is 1. The van der Waals surface area contributed by atoms with Gasteiger partial charge in [-0.3, -0.25) is 0 Å². The van der Waals surface area contributed by atoms with E-state index < -0.39 is 0 Å². The molecule has 2 rings (SSSR count). The van der Waals surface area contributed by atoms with Crippen molar-refractivity contribution in [2.75, 3.05) is 0 Å². The monoisotopic (exact) mass is 322 g/mol. The molecule has 0 fully saturated rings. The van der Waals surface area contributed by atoms with Crippen molar-refractivity contribution < 1.29 is 4.79 Å². The normalized spacial score (nSPS) is 11.5. The Labute approximate surface area is 148 Å². The smallest absolute Gasteiger partial charge is 0.130 e. The minimum absolute atomic E-state index is 0.0288. The van der Waals surface area contributed by atoms with Crippen molar-refractivity contribution in [1.29, 1.82) is 0 Å². The van der Waals surface area contributed by atoms with E-state index >= 15 is 0 Å². The Bertz CT molecular complexity index is 593. The van der Waals surface area contributed by atoms with E-state index in [-0.39, 0.29) is 17.6 Å². The molecule has 0 bridgehead atoms. The van der Waals surface area contributed by atoms with Crippen LogP contribution < -0.4 is 0 Å². The number of terminal acetylenes is 1. The highest BCUT2D eigenvalue weighted by Gasteiger charge is 2.24. The van der Waals surface area contributed by atoms with Gasteiger partial charge in [-0.1, -0.05) is 94.3 Å². The van der Waals surface area contributed by atoms with Crippen LogP contribution in [0.3, 0.4) is 0 Å². The number of Topliss-reactive ketones (excluding diaryl/α,β-unsaturated/α-hetero) is 1. The molecule has 0 saturated carbocycles. The van der Waals surface area contributed by atoms with Crippen molar-refractivity contribution in [3.8, 4) is 12.3 Å². The molecule has 2 aromatic rings. The fourth-order valence-corrected chi connectivity index (χ4v) is 2.54. The predicted octanol–water partition coefficient (Wildman–Crippen LogP) is 6.22. The van der Waals surface area contributed by atoms with Crippen molar-refractivity contribution in [2.24, 2.45) is 0 Å². The van der Waals surface area contributed by atoms with Crippen LogP contribution in [0, 0.1) is 12.3 Å². The maximum Gasteiger partial charge on any atom is 0.130 e. The van der Waals surface area contributed by atoms with E-state index in [0.29, 0.717) is 6.42 Å². The fraction of sp³-hybridized carbons (Fsp3) is 0.348. The number of carbonyl (C=O) groups excluding carboxylic acids is 1. The average molecular weight is 322 g/mol. The summed E-state index contributed by atoms with van der Waals surface area (Å²) in [6, 6.07) is 20.0. The summed E-state index contributed by atoms with van der Waals surface area (Å²) in [4.78, 5) is 11.6. The van der Waals surface area contributed by atoms with Crippen LogP contribution in [0.5, 0.6) is 0 Å². The van der Waals surface area contributed by atoms with Gasteiger partial charge in [0, 0.05) is 12.3 Å². The third-order valence-electron chi connectivity index (χ3n) is 3.48. The van der Waals surface area contributed by atoms with Crippen LogP contribution in [-0.2, 0) is 4.79 Å². The zero-order chi connectivity index (χ0) is 18.4. The molecule has 0 aliphatic heterocycles. The van der Waals surface area contributed by atoms with Gasteiger partial charge in [-0.15, -0.1) is 6.42 Å². The van der Waals surface area contributed by atoms with E-state index in [1.54, 1.807) is 6.92 Å². The Morgan fingerprint density at radius 3 is 1.67 bits per heavy atom. The van der Waals surface area contributed by atoms with E-state index in [1.807, 2.05) is 88.4 Å². The number of ketones is 1.